The first-order chi connectivity index (χ1) is 43.6. The van der Waals surface area contributed by atoms with Gasteiger partial charge in [0.1, 0.15) is 6.61 Å². The summed E-state index contributed by atoms with van der Waals surface area (Å²) in [4.78, 5) is 24.7. The van der Waals surface area contributed by atoms with E-state index in [1.807, 2.05) is 0 Å². The van der Waals surface area contributed by atoms with Gasteiger partial charge in [-0.2, -0.15) is 0 Å². The summed E-state index contributed by atoms with van der Waals surface area (Å²) in [5, 5.41) is 9.71. The number of hydrogen-bond donors (Lipinski definition) is 1. The molecule has 0 aliphatic carbocycles. The standard InChI is InChI=1S/C83H130O5/c1-3-5-7-9-11-13-15-17-19-21-23-25-27-29-31-33-35-37-38-39-40-41-42-43-44-46-48-50-52-54-56-58-60-62-64-66-68-70-72-74-76-78-83(86)88-81(79-84)80-87-82(85)77-75-73-71-69-67-65-63-61-59-57-55-53-51-49-47-45-36-34-32-30-28-26-24-22-20-18-16-14-12-10-8-6-4-2/h5-8,11-14,17-20,23-26,29-32,35-37,39-40,42-43,45-46,48-49,51,55,57,81,84H,3-4,9-10,15-16,21-22,27-28,33-34,38,41,44,47,50,52-54,56,58-80H2,1-2H3/b7-5-,8-6-,13-11-,14-12-,19-17-,20-18-,25-23-,26-24-,31-29-,32-30-,37-35-,40-39-,43-42-,45-36-,48-46-,51-49-,57-55-. The third kappa shape index (κ3) is 73.0. The monoisotopic (exact) mass is 1210 g/mol. The van der Waals surface area contributed by atoms with Crippen molar-refractivity contribution in [3.8, 4) is 0 Å². The zero-order valence-corrected chi connectivity index (χ0v) is 56.4. The Balaban J connectivity index is 3.58. The van der Waals surface area contributed by atoms with Crippen LogP contribution in [0.2, 0.25) is 0 Å². The zero-order chi connectivity index (χ0) is 63.3. The summed E-state index contributed by atoms with van der Waals surface area (Å²) in [5.41, 5.74) is 0. The summed E-state index contributed by atoms with van der Waals surface area (Å²) in [6, 6.07) is 0. The minimum absolute atomic E-state index is 0.0819. The molecule has 5 heteroatoms. The van der Waals surface area contributed by atoms with Gasteiger partial charge in [0.05, 0.1) is 6.61 Å². The Bertz CT molecular complexity index is 2050. The Hall–Kier alpha value is -5.52. The van der Waals surface area contributed by atoms with Crippen molar-refractivity contribution in [3.63, 3.8) is 0 Å². The van der Waals surface area contributed by atoms with Crippen LogP contribution < -0.4 is 0 Å². The molecular weight excluding hydrogens is 1080 g/mol. The van der Waals surface area contributed by atoms with Crippen molar-refractivity contribution < 1.29 is 24.2 Å². The third-order valence-corrected chi connectivity index (χ3v) is 14.6. The van der Waals surface area contributed by atoms with Gasteiger partial charge < -0.3 is 14.6 Å². The van der Waals surface area contributed by atoms with E-state index in [2.05, 4.69) is 220 Å². The molecule has 0 aromatic rings. The van der Waals surface area contributed by atoms with E-state index in [0.29, 0.717) is 12.8 Å². The van der Waals surface area contributed by atoms with E-state index in [1.165, 1.54) is 103 Å². The van der Waals surface area contributed by atoms with E-state index in [4.69, 9.17) is 9.47 Å². The maximum atomic E-state index is 12.4. The highest BCUT2D eigenvalue weighted by molar-refractivity contribution is 5.70. The van der Waals surface area contributed by atoms with Crippen LogP contribution in [0, 0.1) is 0 Å². The Morgan fingerprint density at radius 3 is 0.682 bits per heavy atom. The smallest absolute Gasteiger partial charge is 0.306 e. The van der Waals surface area contributed by atoms with Crippen LogP contribution in [0.25, 0.3) is 0 Å². The number of aliphatic hydroxyl groups is 1. The zero-order valence-electron chi connectivity index (χ0n) is 56.4. The van der Waals surface area contributed by atoms with Crippen LogP contribution in [0.1, 0.15) is 284 Å². The summed E-state index contributed by atoms with van der Waals surface area (Å²) in [6.45, 7) is 3.90. The van der Waals surface area contributed by atoms with Crippen molar-refractivity contribution in [3.05, 3.63) is 207 Å². The van der Waals surface area contributed by atoms with Gasteiger partial charge in [0.15, 0.2) is 6.10 Å². The molecule has 5 nitrogen and oxygen atoms in total. The number of carbonyl (C=O) groups excluding carboxylic acids is 2. The molecule has 0 aromatic heterocycles. The van der Waals surface area contributed by atoms with Crippen molar-refractivity contribution in [1.29, 1.82) is 0 Å². The number of aliphatic hydroxyl groups excluding tert-OH is 1. The average molecular weight is 1210 g/mol. The third-order valence-electron chi connectivity index (χ3n) is 14.6. The van der Waals surface area contributed by atoms with Crippen LogP contribution in [-0.2, 0) is 19.1 Å². The van der Waals surface area contributed by atoms with Crippen molar-refractivity contribution in [2.24, 2.45) is 0 Å². The summed E-state index contributed by atoms with van der Waals surface area (Å²) in [6.07, 6.45) is 121. The predicted molar refractivity (Wildman–Crippen MR) is 389 cm³/mol. The quantitative estimate of drug-likeness (QED) is 0.0373. The molecule has 1 atom stereocenters. The SMILES string of the molecule is CC/C=C\C/C=C\C/C=C\C/C=C\C/C=C\C/C=C\C/C=C\C/C=C\C/C=C\CCCCCCCCCCCCCCCC(=O)OC(CO)COC(=O)CCCCCCCCCC/C=C\C/C=C\C/C=C\C/C=C\C/C=C\C/C=C\C/C=C\C/C=C\CC. The van der Waals surface area contributed by atoms with E-state index in [1.54, 1.807) is 0 Å². The number of esters is 2. The molecule has 0 fully saturated rings. The van der Waals surface area contributed by atoms with E-state index in [9.17, 15) is 14.7 Å². The molecule has 492 valence electrons. The largest absolute Gasteiger partial charge is 0.462 e. The Morgan fingerprint density at radius 1 is 0.261 bits per heavy atom. The Labute approximate surface area is 542 Å². The molecule has 0 radical (unpaired) electrons. The molecule has 0 aromatic carbocycles. The fourth-order valence-electron chi connectivity index (χ4n) is 9.33. The fraction of sp³-hybridized carbons (Fsp3) is 0.566. The molecule has 0 aliphatic heterocycles. The normalized spacial score (nSPS) is 13.5. The molecule has 0 bridgehead atoms. The molecule has 0 rings (SSSR count). The van der Waals surface area contributed by atoms with E-state index < -0.39 is 6.10 Å². The fourth-order valence-corrected chi connectivity index (χ4v) is 9.33. The Morgan fingerprint density at radius 2 is 0.455 bits per heavy atom. The lowest BCUT2D eigenvalue weighted by atomic mass is 10.0. The van der Waals surface area contributed by atoms with Gasteiger partial charge in [-0.1, -0.05) is 330 Å². The van der Waals surface area contributed by atoms with Gasteiger partial charge in [-0.25, -0.2) is 0 Å². The van der Waals surface area contributed by atoms with Crippen molar-refractivity contribution in [1.82, 2.24) is 0 Å². The Kier molecular flexibility index (Phi) is 71.0. The first-order valence-corrected chi connectivity index (χ1v) is 35.6. The van der Waals surface area contributed by atoms with Crippen LogP contribution in [0.5, 0.6) is 0 Å². The molecule has 1 unspecified atom stereocenters. The maximum Gasteiger partial charge on any atom is 0.306 e. The topological polar surface area (TPSA) is 72.8 Å². The molecule has 88 heavy (non-hydrogen) atoms. The number of carbonyl (C=O) groups is 2. The minimum atomic E-state index is -0.793. The van der Waals surface area contributed by atoms with Crippen LogP contribution in [0.15, 0.2) is 207 Å². The van der Waals surface area contributed by atoms with Gasteiger partial charge >= 0.3 is 11.9 Å². The maximum absolute atomic E-state index is 12.4. The number of hydrogen-bond acceptors (Lipinski definition) is 5. The molecule has 0 saturated carbocycles. The highest BCUT2D eigenvalue weighted by Crippen LogP contribution is 2.16. The van der Waals surface area contributed by atoms with Gasteiger partial charge in [-0.3, -0.25) is 9.59 Å². The highest BCUT2D eigenvalue weighted by Gasteiger charge is 2.16. The van der Waals surface area contributed by atoms with E-state index >= 15 is 0 Å². The van der Waals surface area contributed by atoms with E-state index in [-0.39, 0.29) is 25.2 Å². The summed E-state index contributed by atoms with van der Waals surface area (Å²) >= 11 is 0. The first-order valence-electron chi connectivity index (χ1n) is 35.6. The molecule has 0 aliphatic rings. The first kappa shape index (κ1) is 82.5. The van der Waals surface area contributed by atoms with Gasteiger partial charge in [0.2, 0.25) is 0 Å². The van der Waals surface area contributed by atoms with Crippen LogP contribution >= 0.6 is 0 Å². The lowest BCUT2D eigenvalue weighted by Gasteiger charge is -2.15. The second-order valence-electron chi connectivity index (χ2n) is 22.8. The molecule has 0 saturated heterocycles. The van der Waals surface area contributed by atoms with Gasteiger partial charge in [-0.05, 0) is 148 Å². The highest BCUT2D eigenvalue weighted by atomic mass is 16.6. The predicted octanol–water partition coefficient (Wildman–Crippen LogP) is 25.3. The van der Waals surface area contributed by atoms with Crippen LogP contribution in [0.3, 0.4) is 0 Å². The molecule has 0 amide bonds. The van der Waals surface area contributed by atoms with Crippen LogP contribution in [0.4, 0.5) is 0 Å². The number of ether oxygens (including phenoxy) is 2. The second-order valence-corrected chi connectivity index (χ2v) is 22.8. The number of rotatable bonds is 63. The summed E-state index contributed by atoms with van der Waals surface area (Å²) in [5.74, 6) is -0.610. The summed E-state index contributed by atoms with van der Waals surface area (Å²) in [7, 11) is 0. The van der Waals surface area contributed by atoms with Crippen molar-refractivity contribution >= 4 is 11.9 Å². The lowest BCUT2D eigenvalue weighted by Crippen LogP contribution is -2.28. The van der Waals surface area contributed by atoms with Crippen molar-refractivity contribution in [2.45, 2.75) is 290 Å². The summed E-state index contributed by atoms with van der Waals surface area (Å²) < 4.78 is 10.7. The molecule has 1 N–H and O–H groups in total. The number of unbranched alkanes of at least 4 members (excludes halogenated alkanes) is 21. The van der Waals surface area contributed by atoms with E-state index in [0.717, 1.165) is 154 Å². The number of allylic oxidation sites excluding steroid dienone is 34. The second kappa shape index (κ2) is 75.7. The van der Waals surface area contributed by atoms with Gasteiger partial charge in [-0.15, -0.1) is 0 Å². The lowest BCUT2D eigenvalue weighted by molar-refractivity contribution is -0.161. The molecule has 0 heterocycles. The van der Waals surface area contributed by atoms with Gasteiger partial charge in [0.25, 0.3) is 0 Å². The average Bonchev–Trinajstić information content (AvgIpc) is 3.56. The van der Waals surface area contributed by atoms with Gasteiger partial charge in [0, 0.05) is 12.8 Å². The molecule has 0 spiro atoms. The molecular formula is C83H130O5. The van der Waals surface area contributed by atoms with Crippen LogP contribution in [-0.4, -0.2) is 36.4 Å². The van der Waals surface area contributed by atoms with Crippen molar-refractivity contribution in [2.75, 3.05) is 13.2 Å². The minimum Gasteiger partial charge on any atom is -0.462 e.